The lowest BCUT2D eigenvalue weighted by Gasteiger charge is -2.09. The van der Waals surface area contributed by atoms with Crippen LogP contribution in [0.4, 0.5) is 5.69 Å². The van der Waals surface area contributed by atoms with Crippen LogP contribution in [-0.4, -0.2) is 5.91 Å². The zero-order chi connectivity index (χ0) is 13.8. The van der Waals surface area contributed by atoms with Crippen molar-refractivity contribution < 1.29 is 4.79 Å². The molecule has 0 fully saturated rings. The molecule has 0 saturated carbocycles. The fourth-order valence-corrected chi connectivity index (χ4v) is 2.07. The van der Waals surface area contributed by atoms with Crippen molar-refractivity contribution in [3.63, 3.8) is 0 Å². The number of rotatable bonds is 3. The Hall–Kier alpha value is -1.80. The van der Waals surface area contributed by atoms with Gasteiger partial charge in [0, 0.05) is 17.1 Å². The van der Waals surface area contributed by atoms with Gasteiger partial charge in [0.25, 0.3) is 5.91 Å². The first-order valence-electron chi connectivity index (χ1n) is 6.13. The average Bonchev–Trinajstić information content (AvgIpc) is 2.42. The van der Waals surface area contributed by atoms with Gasteiger partial charge in [0.1, 0.15) is 0 Å². The number of halogens is 1. The molecule has 0 heterocycles. The topological polar surface area (TPSA) is 29.1 Å². The van der Waals surface area contributed by atoms with Crippen LogP contribution < -0.4 is 5.32 Å². The van der Waals surface area contributed by atoms with Gasteiger partial charge in [0.05, 0.1) is 0 Å². The maximum absolute atomic E-state index is 12.1. The Kier molecular flexibility index (Phi) is 4.23. The van der Waals surface area contributed by atoms with E-state index in [-0.39, 0.29) is 5.91 Å². The summed E-state index contributed by atoms with van der Waals surface area (Å²) in [6, 6.07) is 13.3. The Labute approximate surface area is 118 Å². The SMILES string of the molecule is Cc1ccc(NC(=O)c2ccc(CCl)cc2)c(C)c1. The van der Waals surface area contributed by atoms with E-state index >= 15 is 0 Å². The number of anilines is 1. The van der Waals surface area contributed by atoms with Gasteiger partial charge in [-0.05, 0) is 43.2 Å². The highest BCUT2D eigenvalue weighted by molar-refractivity contribution is 6.17. The molecule has 0 radical (unpaired) electrons. The molecule has 1 amide bonds. The standard InChI is InChI=1S/C16H16ClNO/c1-11-3-8-15(12(2)9-11)18-16(19)14-6-4-13(10-17)5-7-14/h3-9H,10H2,1-2H3,(H,18,19). The molecule has 0 bridgehead atoms. The molecule has 2 aromatic rings. The van der Waals surface area contributed by atoms with Gasteiger partial charge in [0.15, 0.2) is 0 Å². The van der Waals surface area contributed by atoms with Gasteiger partial charge < -0.3 is 5.32 Å². The van der Waals surface area contributed by atoms with Crippen LogP contribution in [0.2, 0.25) is 0 Å². The smallest absolute Gasteiger partial charge is 0.255 e. The van der Waals surface area contributed by atoms with Gasteiger partial charge in [-0.1, -0.05) is 29.8 Å². The van der Waals surface area contributed by atoms with E-state index in [9.17, 15) is 4.79 Å². The fourth-order valence-electron chi connectivity index (χ4n) is 1.89. The molecule has 0 unspecified atom stereocenters. The average molecular weight is 274 g/mol. The zero-order valence-corrected chi connectivity index (χ0v) is 11.8. The van der Waals surface area contributed by atoms with Gasteiger partial charge >= 0.3 is 0 Å². The van der Waals surface area contributed by atoms with Crippen LogP contribution in [0.15, 0.2) is 42.5 Å². The Morgan fingerprint density at radius 2 is 1.79 bits per heavy atom. The molecule has 3 heteroatoms. The third-order valence-corrected chi connectivity index (χ3v) is 3.31. The van der Waals surface area contributed by atoms with Crippen molar-refractivity contribution in [3.8, 4) is 0 Å². The summed E-state index contributed by atoms with van der Waals surface area (Å²) in [5, 5.41) is 2.92. The summed E-state index contributed by atoms with van der Waals surface area (Å²) in [7, 11) is 0. The Morgan fingerprint density at radius 3 is 2.37 bits per heavy atom. The van der Waals surface area contributed by atoms with E-state index in [0.29, 0.717) is 11.4 Å². The summed E-state index contributed by atoms with van der Waals surface area (Å²) in [6.07, 6.45) is 0. The summed E-state index contributed by atoms with van der Waals surface area (Å²) in [5.41, 5.74) is 4.73. The van der Waals surface area contributed by atoms with Gasteiger partial charge in [-0.2, -0.15) is 0 Å². The second-order valence-corrected chi connectivity index (χ2v) is 4.87. The minimum absolute atomic E-state index is 0.104. The van der Waals surface area contributed by atoms with Gasteiger partial charge in [-0.25, -0.2) is 0 Å². The van der Waals surface area contributed by atoms with Crippen LogP contribution in [-0.2, 0) is 5.88 Å². The van der Waals surface area contributed by atoms with Crippen molar-refractivity contribution in [1.29, 1.82) is 0 Å². The van der Waals surface area contributed by atoms with E-state index in [1.54, 1.807) is 12.1 Å². The van der Waals surface area contributed by atoms with Gasteiger partial charge in [0.2, 0.25) is 0 Å². The predicted octanol–water partition coefficient (Wildman–Crippen LogP) is 4.29. The third kappa shape index (κ3) is 3.36. The molecular formula is C16H16ClNO. The van der Waals surface area contributed by atoms with E-state index < -0.39 is 0 Å². The molecule has 0 saturated heterocycles. The maximum atomic E-state index is 12.1. The Bertz CT molecular complexity index is 590. The molecule has 0 atom stereocenters. The number of carbonyl (C=O) groups excluding carboxylic acids is 1. The number of alkyl halides is 1. The monoisotopic (exact) mass is 273 g/mol. The largest absolute Gasteiger partial charge is 0.322 e. The highest BCUT2D eigenvalue weighted by atomic mass is 35.5. The molecule has 1 N–H and O–H groups in total. The molecule has 2 aromatic carbocycles. The summed E-state index contributed by atoms with van der Waals surface area (Å²) in [6.45, 7) is 4.02. The normalized spacial score (nSPS) is 10.3. The molecule has 2 nitrogen and oxygen atoms in total. The number of carbonyl (C=O) groups is 1. The predicted molar refractivity (Wildman–Crippen MR) is 79.9 cm³/mol. The highest BCUT2D eigenvalue weighted by Gasteiger charge is 2.07. The van der Waals surface area contributed by atoms with Crippen molar-refractivity contribution >= 4 is 23.2 Å². The molecule has 98 valence electrons. The first-order valence-corrected chi connectivity index (χ1v) is 6.67. The maximum Gasteiger partial charge on any atom is 0.255 e. The number of hydrogen-bond acceptors (Lipinski definition) is 1. The Balaban J connectivity index is 2.15. The Morgan fingerprint density at radius 1 is 1.11 bits per heavy atom. The molecular weight excluding hydrogens is 258 g/mol. The van der Waals surface area contributed by atoms with Crippen LogP contribution in [0.3, 0.4) is 0 Å². The van der Waals surface area contributed by atoms with Gasteiger partial charge in [-0.15, -0.1) is 11.6 Å². The fraction of sp³-hybridized carbons (Fsp3) is 0.188. The first-order chi connectivity index (χ1) is 9.10. The van der Waals surface area contributed by atoms with Crippen molar-refractivity contribution in [2.45, 2.75) is 19.7 Å². The van der Waals surface area contributed by atoms with E-state index in [1.807, 2.05) is 44.2 Å². The molecule has 2 rings (SSSR count). The van der Waals surface area contributed by atoms with Crippen LogP contribution >= 0.6 is 11.6 Å². The van der Waals surface area contributed by atoms with Crippen molar-refractivity contribution in [2.24, 2.45) is 0 Å². The molecule has 0 aromatic heterocycles. The second kappa shape index (κ2) is 5.89. The van der Waals surface area contributed by atoms with Crippen molar-refractivity contribution in [2.75, 3.05) is 5.32 Å². The molecule has 0 aliphatic carbocycles. The lowest BCUT2D eigenvalue weighted by molar-refractivity contribution is 0.102. The third-order valence-electron chi connectivity index (χ3n) is 3.00. The first kappa shape index (κ1) is 13.6. The highest BCUT2D eigenvalue weighted by Crippen LogP contribution is 2.17. The minimum atomic E-state index is -0.104. The lowest BCUT2D eigenvalue weighted by Crippen LogP contribution is -2.12. The zero-order valence-electron chi connectivity index (χ0n) is 11.0. The van der Waals surface area contributed by atoms with E-state index in [1.165, 1.54) is 5.56 Å². The minimum Gasteiger partial charge on any atom is -0.322 e. The van der Waals surface area contributed by atoms with Crippen LogP contribution in [0, 0.1) is 13.8 Å². The number of hydrogen-bond donors (Lipinski definition) is 1. The second-order valence-electron chi connectivity index (χ2n) is 4.60. The number of nitrogens with one attached hydrogen (secondary N) is 1. The van der Waals surface area contributed by atoms with Gasteiger partial charge in [-0.3, -0.25) is 4.79 Å². The molecule has 0 aliphatic rings. The van der Waals surface area contributed by atoms with E-state index in [4.69, 9.17) is 11.6 Å². The molecule has 0 aliphatic heterocycles. The summed E-state index contributed by atoms with van der Waals surface area (Å²) < 4.78 is 0. The van der Waals surface area contributed by atoms with Crippen molar-refractivity contribution in [3.05, 3.63) is 64.7 Å². The number of aryl methyl sites for hydroxylation is 2. The lowest BCUT2D eigenvalue weighted by atomic mass is 10.1. The van der Waals surface area contributed by atoms with E-state index in [0.717, 1.165) is 16.8 Å². The van der Waals surface area contributed by atoms with E-state index in [2.05, 4.69) is 5.32 Å². The summed E-state index contributed by atoms with van der Waals surface area (Å²) in [4.78, 5) is 12.1. The number of benzene rings is 2. The summed E-state index contributed by atoms with van der Waals surface area (Å²) >= 11 is 5.72. The van der Waals surface area contributed by atoms with Crippen LogP contribution in [0.1, 0.15) is 27.0 Å². The summed E-state index contributed by atoms with van der Waals surface area (Å²) in [5.74, 6) is 0.354. The quantitative estimate of drug-likeness (QED) is 0.830. The molecule has 19 heavy (non-hydrogen) atoms. The van der Waals surface area contributed by atoms with Crippen molar-refractivity contribution in [1.82, 2.24) is 0 Å². The molecule has 0 spiro atoms. The number of amides is 1. The van der Waals surface area contributed by atoms with Crippen LogP contribution in [0.25, 0.3) is 0 Å². The van der Waals surface area contributed by atoms with Crippen LogP contribution in [0.5, 0.6) is 0 Å².